The number of nitrogens with zero attached hydrogens (tertiary/aromatic N) is 2. The number of aromatic nitrogens is 2. The molecule has 2 N–H and O–H groups in total. The molecule has 1 aliphatic heterocycles. The molecular formula is C20H28N4O. The Morgan fingerprint density at radius 3 is 2.60 bits per heavy atom. The number of rotatable bonds is 7. The molecular weight excluding hydrogens is 312 g/mol. The number of ether oxygens (including phenoxy) is 1. The van der Waals surface area contributed by atoms with Gasteiger partial charge in [0.15, 0.2) is 5.82 Å². The van der Waals surface area contributed by atoms with E-state index in [1.165, 1.54) is 12.8 Å². The molecule has 1 aromatic carbocycles. The third kappa shape index (κ3) is 4.92. The van der Waals surface area contributed by atoms with Gasteiger partial charge in [0.2, 0.25) is 0 Å². The zero-order valence-corrected chi connectivity index (χ0v) is 15.2. The number of anilines is 1. The Bertz CT molecular complexity index is 666. The van der Waals surface area contributed by atoms with E-state index in [4.69, 9.17) is 14.7 Å². The number of piperidine rings is 1. The van der Waals surface area contributed by atoms with E-state index in [9.17, 15) is 0 Å². The van der Waals surface area contributed by atoms with Gasteiger partial charge in [-0.3, -0.25) is 0 Å². The van der Waals surface area contributed by atoms with Crippen molar-refractivity contribution in [2.45, 2.75) is 32.6 Å². The van der Waals surface area contributed by atoms with Gasteiger partial charge in [0.25, 0.3) is 0 Å². The molecule has 0 atom stereocenters. The van der Waals surface area contributed by atoms with Crippen LogP contribution in [0.1, 0.15) is 31.9 Å². The second kappa shape index (κ2) is 8.81. The molecule has 5 nitrogen and oxygen atoms in total. The van der Waals surface area contributed by atoms with Gasteiger partial charge >= 0.3 is 0 Å². The Morgan fingerprint density at radius 2 is 1.92 bits per heavy atom. The van der Waals surface area contributed by atoms with Gasteiger partial charge in [-0.15, -0.1) is 0 Å². The number of methoxy groups -OCH3 is 1. The van der Waals surface area contributed by atoms with Crippen LogP contribution in [-0.2, 0) is 6.42 Å². The predicted octanol–water partition coefficient (Wildman–Crippen LogP) is 3.52. The molecule has 0 spiro atoms. The van der Waals surface area contributed by atoms with E-state index in [1.807, 2.05) is 24.3 Å². The van der Waals surface area contributed by atoms with Gasteiger partial charge in [0.05, 0.1) is 7.11 Å². The highest BCUT2D eigenvalue weighted by molar-refractivity contribution is 5.58. The molecule has 0 bridgehead atoms. The molecule has 0 radical (unpaired) electrons. The molecule has 1 aromatic heterocycles. The van der Waals surface area contributed by atoms with E-state index < -0.39 is 0 Å². The summed E-state index contributed by atoms with van der Waals surface area (Å²) < 4.78 is 5.24. The van der Waals surface area contributed by atoms with E-state index in [0.717, 1.165) is 67.0 Å². The van der Waals surface area contributed by atoms with Gasteiger partial charge in [0, 0.05) is 23.9 Å². The van der Waals surface area contributed by atoms with Crippen molar-refractivity contribution in [1.29, 1.82) is 0 Å². The van der Waals surface area contributed by atoms with Crippen molar-refractivity contribution >= 4 is 5.82 Å². The minimum absolute atomic E-state index is 0.718. The highest BCUT2D eigenvalue weighted by Crippen LogP contribution is 2.22. The third-order valence-electron chi connectivity index (χ3n) is 4.66. The number of benzene rings is 1. The fourth-order valence-corrected chi connectivity index (χ4v) is 3.18. The minimum Gasteiger partial charge on any atom is -0.497 e. The van der Waals surface area contributed by atoms with Crippen molar-refractivity contribution in [3.63, 3.8) is 0 Å². The average Bonchev–Trinajstić information content (AvgIpc) is 2.67. The smallest absolute Gasteiger partial charge is 0.161 e. The summed E-state index contributed by atoms with van der Waals surface area (Å²) in [4.78, 5) is 9.49. The molecule has 0 aliphatic carbocycles. The van der Waals surface area contributed by atoms with Gasteiger partial charge in [-0.2, -0.15) is 0 Å². The largest absolute Gasteiger partial charge is 0.497 e. The second-order valence-corrected chi connectivity index (χ2v) is 6.62. The Balaban J connectivity index is 1.77. The standard InChI is InChI=1S/C20H28N4O/c1-3-4-17-13-19(22-14-15-9-11-21-12-10-15)24-20(23-17)16-5-7-18(25-2)8-6-16/h5-8,13,15,21H,3-4,9-12,14H2,1-2H3,(H,22,23,24). The van der Waals surface area contributed by atoms with Crippen LogP contribution < -0.4 is 15.4 Å². The molecule has 2 heterocycles. The summed E-state index contributed by atoms with van der Waals surface area (Å²) in [5.74, 6) is 3.28. The minimum atomic E-state index is 0.718. The Hall–Kier alpha value is -2.14. The lowest BCUT2D eigenvalue weighted by Gasteiger charge is -2.23. The summed E-state index contributed by atoms with van der Waals surface area (Å²) in [5, 5.41) is 6.96. The molecule has 1 fully saturated rings. The molecule has 5 heteroatoms. The van der Waals surface area contributed by atoms with Crippen LogP contribution >= 0.6 is 0 Å². The first-order valence-electron chi connectivity index (χ1n) is 9.25. The lowest BCUT2D eigenvalue weighted by atomic mass is 9.98. The van der Waals surface area contributed by atoms with Crippen molar-refractivity contribution in [3.05, 3.63) is 36.0 Å². The first kappa shape index (κ1) is 17.7. The maximum absolute atomic E-state index is 5.24. The summed E-state index contributed by atoms with van der Waals surface area (Å²) in [5.41, 5.74) is 2.11. The first-order chi connectivity index (χ1) is 12.3. The van der Waals surface area contributed by atoms with Crippen molar-refractivity contribution in [2.24, 2.45) is 5.92 Å². The topological polar surface area (TPSA) is 59.1 Å². The molecule has 0 amide bonds. The SMILES string of the molecule is CCCc1cc(NCC2CCNCC2)nc(-c2ccc(OC)cc2)n1. The van der Waals surface area contributed by atoms with E-state index >= 15 is 0 Å². The Kier molecular flexibility index (Phi) is 6.23. The van der Waals surface area contributed by atoms with Gasteiger partial charge in [-0.1, -0.05) is 13.3 Å². The number of hydrogen-bond donors (Lipinski definition) is 2. The predicted molar refractivity (Wildman–Crippen MR) is 102 cm³/mol. The quantitative estimate of drug-likeness (QED) is 0.808. The summed E-state index contributed by atoms with van der Waals surface area (Å²) in [6, 6.07) is 10.0. The molecule has 1 aliphatic rings. The zero-order chi connectivity index (χ0) is 17.5. The van der Waals surface area contributed by atoms with Gasteiger partial charge in [-0.05, 0) is 62.5 Å². The second-order valence-electron chi connectivity index (χ2n) is 6.62. The Labute approximate surface area is 150 Å². The van der Waals surface area contributed by atoms with Crippen LogP contribution in [0, 0.1) is 5.92 Å². The van der Waals surface area contributed by atoms with Gasteiger partial charge in [0.1, 0.15) is 11.6 Å². The summed E-state index contributed by atoms with van der Waals surface area (Å²) in [6.07, 6.45) is 4.50. The number of nitrogens with one attached hydrogen (secondary N) is 2. The molecule has 0 unspecified atom stereocenters. The van der Waals surface area contributed by atoms with Crippen molar-refractivity contribution in [3.8, 4) is 17.1 Å². The normalized spacial score (nSPS) is 15.1. The molecule has 1 saturated heterocycles. The van der Waals surface area contributed by atoms with Crippen LogP contribution in [0.25, 0.3) is 11.4 Å². The lowest BCUT2D eigenvalue weighted by Crippen LogP contribution is -2.31. The van der Waals surface area contributed by atoms with Gasteiger partial charge < -0.3 is 15.4 Å². The van der Waals surface area contributed by atoms with E-state index in [1.54, 1.807) is 7.11 Å². The van der Waals surface area contributed by atoms with Crippen LogP contribution in [0.5, 0.6) is 5.75 Å². The Morgan fingerprint density at radius 1 is 1.16 bits per heavy atom. The van der Waals surface area contributed by atoms with Crippen LogP contribution in [0.4, 0.5) is 5.82 Å². The van der Waals surface area contributed by atoms with Crippen molar-refractivity contribution in [1.82, 2.24) is 15.3 Å². The monoisotopic (exact) mass is 340 g/mol. The highest BCUT2D eigenvalue weighted by atomic mass is 16.5. The van der Waals surface area contributed by atoms with E-state index in [0.29, 0.717) is 0 Å². The number of hydrogen-bond acceptors (Lipinski definition) is 5. The maximum Gasteiger partial charge on any atom is 0.161 e. The van der Waals surface area contributed by atoms with Crippen LogP contribution in [0.15, 0.2) is 30.3 Å². The molecule has 134 valence electrons. The highest BCUT2D eigenvalue weighted by Gasteiger charge is 2.13. The zero-order valence-electron chi connectivity index (χ0n) is 15.2. The molecule has 25 heavy (non-hydrogen) atoms. The molecule has 3 rings (SSSR count). The summed E-state index contributed by atoms with van der Waals surface area (Å²) in [7, 11) is 1.68. The van der Waals surface area contributed by atoms with E-state index in [2.05, 4.69) is 23.6 Å². The fourth-order valence-electron chi connectivity index (χ4n) is 3.18. The van der Waals surface area contributed by atoms with Crippen molar-refractivity contribution in [2.75, 3.05) is 32.1 Å². The van der Waals surface area contributed by atoms with Crippen LogP contribution in [0.3, 0.4) is 0 Å². The molecule has 0 saturated carbocycles. The first-order valence-corrected chi connectivity index (χ1v) is 9.25. The summed E-state index contributed by atoms with van der Waals surface area (Å²) in [6.45, 7) is 5.40. The summed E-state index contributed by atoms with van der Waals surface area (Å²) >= 11 is 0. The van der Waals surface area contributed by atoms with Gasteiger partial charge in [-0.25, -0.2) is 9.97 Å². The number of aryl methyl sites for hydroxylation is 1. The average molecular weight is 340 g/mol. The van der Waals surface area contributed by atoms with Crippen LogP contribution in [-0.4, -0.2) is 36.7 Å². The van der Waals surface area contributed by atoms with Crippen LogP contribution in [0.2, 0.25) is 0 Å². The lowest BCUT2D eigenvalue weighted by molar-refractivity contribution is 0.389. The van der Waals surface area contributed by atoms with E-state index in [-0.39, 0.29) is 0 Å². The maximum atomic E-state index is 5.24. The van der Waals surface area contributed by atoms with Crippen molar-refractivity contribution < 1.29 is 4.74 Å². The fraction of sp³-hybridized carbons (Fsp3) is 0.500. The molecule has 2 aromatic rings. The third-order valence-corrected chi connectivity index (χ3v) is 4.66.